The maximum Gasteiger partial charge on any atom is 0.253 e. The molecule has 0 bridgehead atoms. The van der Waals surface area contributed by atoms with Gasteiger partial charge in [0.1, 0.15) is 5.52 Å². The molecule has 2 amide bonds. The number of nitrogens with one attached hydrogen (secondary N) is 1. The standard InChI is InChI=1S/C28H30N6O2/c1-20-6-5-8-24(21(20)2)29-27(35)19-32-14-16-33(17-15-32)28(36)23-12-10-22(11-13-23)18-34-26-9-4-3-7-25(26)30-31-34/h3-13H,14-19H2,1-2H3,(H,29,35). The highest BCUT2D eigenvalue weighted by atomic mass is 16.2. The van der Waals surface area contributed by atoms with Crippen LogP contribution in [-0.2, 0) is 11.3 Å². The molecule has 5 rings (SSSR count). The van der Waals surface area contributed by atoms with E-state index in [1.807, 2.05) is 90.2 Å². The largest absolute Gasteiger partial charge is 0.336 e. The Morgan fingerprint density at radius 1 is 0.889 bits per heavy atom. The lowest BCUT2D eigenvalue weighted by atomic mass is 10.1. The van der Waals surface area contributed by atoms with Gasteiger partial charge in [0.05, 0.1) is 18.6 Å². The molecule has 1 fully saturated rings. The molecule has 4 aromatic rings. The highest BCUT2D eigenvalue weighted by molar-refractivity contribution is 5.94. The minimum atomic E-state index is -0.0285. The first-order valence-electron chi connectivity index (χ1n) is 12.2. The van der Waals surface area contributed by atoms with Gasteiger partial charge in [-0.1, -0.05) is 41.6 Å². The lowest BCUT2D eigenvalue weighted by molar-refractivity contribution is -0.117. The summed E-state index contributed by atoms with van der Waals surface area (Å²) in [4.78, 5) is 29.6. The number of hydrogen-bond acceptors (Lipinski definition) is 5. The Morgan fingerprint density at radius 3 is 2.42 bits per heavy atom. The van der Waals surface area contributed by atoms with Crippen molar-refractivity contribution < 1.29 is 9.59 Å². The molecule has 1 aliphatic rings. The van der Waals surface area contributed by atoms with Gasteiger partial charge in [-0.05, 0) is 60.9 Å². The van der Waals surface area contributed by atoms with Crippen molar-refractivity contribution in [1.29, 1.82) is 0 Å². The van der Waals surface area contributed by atoms with Crippen LogP contribution in [0.2, 0.25) is 0 Å². The average Bonchev–Trinajstić information content (AvgIpc) is 3.30. The Hall–Kier alpha value is -4.04. The molecule has 1 N–H and O–H groups in total. The number of aryl methyl sites for hydroxylation is 1. The van der Waals surface area contributed by atoms with Crippen molar-refractivity contribution in [3.05, 3.63) is 89.0 Å². The van der Waals surface area contributed by atoms with Crippen LogP contribution in [0.4, 0.5) is 5.69 Å². The number of para-hydroxylation sites is 1. The van der Waals surface area contributed by atoms with Gasteiger partial charge in [-0.2, -0.15) is 0 Å². The van der Waals surface area contributed by atoms with Crippen LogP contribution in [0.25, 0.3) is 11.0 Å². The van der Waals surface area contributed by atoms with Gasteiger partial charge in [0.2, 0.25) is 5.91 Å². The molecule has 0 unspecified atom stereocenters. The molecular weight excluding hydrogens is 452 g/mol. The summed E-state index contributed by atoms with van der Waals surface area (Å²) in [5, 5.41) is 11.5. The van der Waals surface area contributed by atoms with Crippen molar-refractivity contribution in [3.8, 4) is 0 Å². The van der Waals surface area contributed by atoms with Crippen molar-refractivity contribution in [1.82, 2.24) is 24.8 Å². The van der Waals surface area contributed by atoms with Crippen LogP contribution in [0, 0.1) is 13.8 Å². The summed E-state index contributed by atoms with van der Waals surface area (Å²) in [6.45, 7) is 7.50. The van der Waals surface area contributed by atoms with Crippen molar-refractivity contribution in [2.75, 3.05) is 38.0 Å². The number of benzene rings is 3. The minimum absolute atomic E-state index is 0.0206. The zero-order valence-electron chi connectivity index (χ0n) is 20.6. The Balaban J connectivity index is 1.13. The second-order valence-electron chi connectivity index (χ2n) is 9.30. The van der Waals surface area contributed by atoms with Crippen molar-refractivity contribution >= 4 is 28.5 Å². The predicted molar refractivity (Wildman–Crippen MR) is 140 cm³/mol. The Morgan fingerprint density at radius 2 is 1.64 bits per heavy atom. The van der Waals surface area contributed by atoms with E-state index in [0.717, 1.165) is 33.4 Å². The normalized spacial score (nSPS) is 14.2. The third kappa shape index (κ3) is 5.13. The van der Waals surface area contributed by atoms with Gasteiger partial charge in [-0.15, -0.1) is 5.10 Å². The fourth-order valence-corrected chi connectivity index (χ4v) is 4.53. The monoisotopic (exact) mass is 482 g/mol. The molecule has 8 nitrogen and oxygen atoms in total. The SMILES string of the molecule is Cc1cccc(NC(=O)CN2CCN(C(=O)c3ccc(Cn4nnc5ccccc54)cc3)CC2)c1C. The van der Waals surface area contributed by atoms with E-state index in [2.05, 4.69) is 20.5 Å². The van der Waals surface area contributed by atoms with E-state index in [1.165, 1.54) is 0 Å². The molecule has 0 atom stereocenters. The summed E-state index contributed by atoms with van der Waals surface area (Å²) < 4.78 is 1.86. The molecule has 1 saturated heterocycles. The van der Waals surface area contributed by atoms with E-state index >= 15 is 0 Å². The van der Waals surface area contributed by atoms with E-state index in [-0.39, 0.29) is 11.8 Å². The lowest BCUT2D eigenvalue weighted by Gasteiger charge is -2.34. The van der Waals surface area contributed by atoms with E-state index in [4.69, 9.17) is 0 Å². The summed E-state index contributed by atoms with van der Waals surface area (Å²) >= 11 is 0. The molecule has 0 spiro atoms. The van der Waals surface area contributed by atoms with Gasteiger partial charge in [0, 0.05) is 37.4 Å². The van der Waals surface area contributed by atoms with Crippen LogP contribution >= 0.6 is 0 Å². The van der Waals surface area contributed by atoms with Gasteiger partial charge < -0.3 is 10.2 Å². The molecule has 8 heteroatoms. The smallest absolute Gasteiger partial charge is 0.253 e. The molecule has 0 radical (unpaired) electrons. The zero-order valence-corrected chi connectivity index (χ0v) is 20.6. The first kappa shape index (κ1) is 23.7. The molecule has 0 saturated carbocycles. The van der Waals surface area contributed by atoms with Gasteiger partial charge >= 0.3 is 0 Å². The number of fused-ring (bicyclic) bond motifs is 1. The Bertz CT molecular complexity index is 1390. The van der Waals surface area contributed by atoms with Crippen molar-refractivity contribution in [2.24, 2.45) is 0 Å². The van der Waals surface area contributed by atoms with E-state index < -0.39 is 0 Å². The number of piperazine rings is 1. The molecule has 184 valence electrons. The topological polar surface area (TPSA) is 83.4 Å². The van der Waals surface area contributed by atoms with Gasteiger partial charge in [0.15, 0.2) is 0 Å². The maximum atomic E-state index is 13.0. The number of anilines is 1. The van der Waals surface area contributed by atoms with Crippen LogP contribution < -0.4 is 5.32 Å². The summed E-state index contributed by atoms with van der Waals surface area (Å²) in [6.07, 6.45) is 0. The van der Waals surface area contributed by atoms with Gasteiger partial charge in [0.25, 0.3) is 5.91 Å². The number of rotatable bonds is 6. The van der Waals surface area contributed by atoms with Crippen LogP contribution in [0.5, 0.6) is 0 Å². The number of carbonyl (C=O) groups excluding carboxylic acids is 2. The fourth-order valence-electron chi connectivity index (χ4n) is 4.53. The third-order valence-electron chi connectivity index (χ3n) is 6.86. The highest BCUT2D eigenvalue weighted by Gasteiger charge is 2.23. The first-order valence-corrected chi connectivity index (χ1v) is 12.2. The molecule has 0 aliphatic carbocycles. The van der Waals surface area contributed by atoms with Crippen molar-refractivity contribution in [2.45, 2.75) is 20.4 Å². The van der Waals surface area contributed by atoms with Crippen molar-refractivity contribution in [3.63, 3.8) is 0 Å². The van der Waals surface area contributed by atoms with E-state index in [1.54, 1.807) is 0 Å². The molecule has 1 aromatic heterocycles. The van der Waals surface area contributed by atoms with Crippen LogP contribution in [0.1, 0.15) is 27.0 Å². The molecule has 36 heavy (non-hydrogen) atoms. The van der Waals surface area contributed by atoms with Gasteiger partial charge in [-0.25, -0.2) is 4.68 Å². The second kappa shape index (κ2) is 10.3. The summed E-state index contributed by atoms with van der Waals surface area (Å²) in [6, 6.07) is 21.5. The highest BCUT2D eigenvalue weighted by Crippen LogP contribution is 2.18. The average molecular weight is 483 g/mol. The second-order valence-corrected chi connectivity index (χ2v) is 9.30. The molecule has 3 aromatic carbocycles. The van der Waals surface area contributed by atoms with E-state index in [0.29, 0.717) is 44.8 Å². The summed E-state index contributed by atoms with van der Waals surface area (Å²) in [5.41, 5.74) is 6.67. The minimum Gasteiger partial charge on any atom is -0.336 e. The lowest BCUT2D eigenvalue weighted by Crippen LogP contribution is -2.50. The van der Waals surface area contributed by atoms with Crippen LogP contribution in [0.15, 0.2) is 66.7 Å². The number of aromatic nitrogens is 3. The number of amides is 2. The predicted octanol–water partition coefficient (Wildman–Crippen LogP) is 3.49. The summed E-state index contributed by atoms with van der Waals surface area (Å²) in [7, 11) is 0. The summed E-state index contributed by atoms with van der Waals surface area (Å²) in [5.74, 6) is -0.00790. The fraction of sp³-hybridized carbons (Fsp3) is 0.286. The van der Waals surface area contributed by atoms with Gasteiger partial charge in [-0.3, -0.25) is 14.5 Å². The molecule has 2 heterocycles. The molecule has 1 aliphatic heterocycles. The van der Waals surface area contributed by atoms with Crippen LogP contribution in [0.3, 0.4) is 0 Å². The Kier molecular flexibility index (Phi) is 6.77. The first-order chi connectivity index (χ1) is 17.5. The molecular formula is C28H30N6O2. The third-order valence-corrected chi connectivity index (χ3v) is 6.86. The Labute approximate surface area is 210 Å². The maximum absolute atomic E-state index is 13.0. The number of nitrogens with zero attached hydrogens (tertiary/aromatic N) is 5. The van der Waals surface area contributed by atoms with Crippen LogP contribution in [-0.4, -0.2) is 69.3 Å². The number of hydrogen-bond donors (Lipinski definition) is 1. The van der Waals surface area contributed by atoms with E-state index in [9.17, 15) is 9.59 Å². The quantitative estimate of drug-likeness (QED) is 0.455. The number of carbonyl (C=O) groups is 2. The zero-order chi connectivity index (χ0) is 25.1.